The van der Waals surface area contributed by atoms with E-state index in [0.717, 1.165) is 5.56 Å². The molecule has 6 heteroatoms. The standard InChI is InChI=1S/C15H18F2O4/c1-9(2)8-12(15(16,17)14(19)20)21-13(18)11-6-4-10(3)5-7-11/h4-7,9,12H,8H2,1-3H3,(H,19,20). The molecule has 0 fully saturated rings. The molecule has 0 amide bonds. The topological polar surface area (TPSA) is 63.6 Å². The second-order valence-corrected chi connectivity index (χ2v) is 5.32. The van der Waals surface area contributed by atoms with Crippen LogP contribution in [0.3, 0.4) is 0 Å². The second-order valence-electron chi connectivity index (χ2n) is 5.32. The van der Waals surface area contributed by atoms with Crippen LogP contribution in [0.25, 0.3) is 0 Å². The zero-order valence-corrected chi connectivity index (χ0v) is 12.1. The van der Waals surface area contributed by atoms with Crippen molar-refractivity contribution in [2.45, 2.75) is 39.2 Å². The van der Waals surface area contributed by atoms with Crippen LogP contribution < -0.4 is 0 Å². The van der Waals surface area contributed by atoms with Crippen LogP contribution in [0.1, 0.15) is 36.2 Å². The number of hydrogen-bond donors (Lipinski definition) is 1. The van der Waals surface area contributed by atoms with Gasteiger partial charge >= 0.3 is 17.9 Å². The fraction of sp³-hybridized carbons (Fsp3) is 0.467. The molecule has 1 rings (SSSR count). The molecule has 1 aromatic rings. The molecule has 0 heterocycles. The third kappa shape index (κ3) is 4.51. The maximum atomic E-state index is 13.6. The highest BCUT2D eigenvalue weighted by Gasteiger charge is 2.50. The molecule has 1 atom stereocenters. The number of esters is 1. The Kier molecular flexibility index (Phi) is 5.41. The molecule has 0 saturated carbocycles. The van der Waals surface area contributed by atoms with Gasteiger partial charge in [0.25, 0.3) is 0 Å². The molecule has 116 valence electrons. The number of aliphatic carboxylic acids is 1. The predicted molar refractivity (Wildman–Crippen MR) is 72.4 cm³/mol. The van der Waals surface area contributed by atoms with Gasteiger partial charge in [0.2, 0.25) is 0 Å². The van der Waals surface area contributed by atoms with Crippen molar-refractivity contribution in [3.05, 3.63) is 35.4 Å². The summed E-state index contributed by atoms with van der Waals surface area (Å²) in [6.45, 7) is 5.10. The number of ether oxygens (including phenoxy) is 1. The first-order valence-corrected chi connectivity index (χ1v) is 6.53. The van der Waals surface area contributed by atoms with Gasteiger partial charge in [-0.3, -0.25) is 0 Å². The Morgan fingerprint density at radius 2 is 1.76 bits per heavy atom. The summed E-state index contributed by atoms with van der Waals surface area (Å²) >= 11 is 0. The molecule has 0 bridgehead atoms. The summed E-state index contributed by atoms with van der Waals surface area (Å²) in [5.41, 5.74) is 1.01. The van der Waals surface area contributed by atoms with Gasteiger partial charge in [-0.05, 0) is 31.4 Å². The van der Waals surface area contributed by atoms with E-state index in [2.05, 4.69) is 0 Å². The van der Waals surface area contributed by atoms with E-state index in [1.54, 1.807) is 26.0 Å². The molecule has 4 nitrogen and oxygen atoms in total. The molecule has 0 aliphatic heterocycles. The Morgan fingerprint density at radius 1 is 1.24 bits per heavy atom. The Morgan fingerprint density at radius 3 is 2.19 bits per heavy atom. The molecule has 21 heavy (non-hydrogen) atoms. The Hall–Kier alpha value is -1.98. The highest BCUT2D eigenvalue weighted by molar-refractivity contribution is 5.90. The average molecular weight is 300 g/mol. The minimum atomic E-state index is -4.12. The zero-order chi connectivity index (χ0) is 16.2. The number of rotatable bonds is 6. The summed E-state index contributed by atoms with van der Waals surface area (Å²) in [4.78, 5) is 22.5. The fourth-order valence-corrected chi connectivity index (χ4v) is 1.72. The normalized spacial score (nSPS) is 13.0. The minimum Gasteiger partial charge on any atom is -0.477 e. The van der Waals surface area contributed by atoms with Crippen LogP contribution in [-0.2, 0) is 9.53 Å². The van der Waals surface area contributed by atoms with Gasteiger partial charge in [-0.25, -0.2) is 9.59 Å². The van der Waals surface area contributed by atoms with Crippen LogP contribution >= 0.6 is 0 Å². The first-order valence-electron chi connectivity index (χ1n) is 6.53. The third-order valence-electron chi connectivity index (χ3n) is 2.91. The second kappa shape index (κ2) is 6.65. The summed E-state index contributed by atoms with van der Waals surface area (Å²) in [5, 5.41) is 8.60. The lowest BCUT2D eigenvalue weighted by Gasteiger charge is -2.25. The van der Waals surface area contributed by atoms with Gasteiger partial charge in [-0.2, -0.15) is 8.78 Å². The number of carboxylic acids is 1. The van der Waals surface area contributed by atoms with Crippen molar-refractivity contribution in [3.63, 3.8) is 0 Å². The third-order valence-corrected chi connectivity index (χ3v) is 2.91. The molecular weight excluding hydrogens is 282 g/mol. The van der Waals surface area contributed by atoms with E-state index < -0.39 is 24.0 Å². The van der Waals surface area contributed by atoms with Crippen molar-refractivity contribution in [3.8, 4) is 0 Å². The number of carbonyl (C=O) groups excluding carboxylic acids is 1. The highest BCUT2D eigenvalue weighted by atomic mass is 19.3. The van der Waals surface area contributed by atoms with Gasteiger partial charge < -0.3 is 9.84 Å². The molecule has 0 aliphatic rings. The molecule has 1 N–H and O–H groups in total. The van der Waals surface area contributed by atoms with E-state index in [0.29, 0.717) is 0 Å². The van der Waals surface area contributed by atoms with Gasteiger partial charge in [-0.1, -0.05) is 31.5 Å². The summed E-state index contributed by atoms with van der Waals surface area (Å²) in [7, 11) is 0. The SMILES string of the molecule is Cc1ccc(C(=O)OC(CC(C)C)C(F)(F)C(=O)O)cc1. The van der Waals surface area contributed by atoms with Crippen molar-refractivity contribution in [2.24, 2.45) is 5.92 Å². The monoisotopic (exact) mass is 300 g/mol. The number of benzene rings is 1. The summed E-state index contributed by atoms with van der Waals surface area (Å²) in [6.07, 6.45) is -2.24. The van der Waals surface area contributed by atoms with Crippen molar-refractivity contribution in [1.82, 2.24) is 0 Å². The van der Waals surface area contributed by atoms with E-state index in [-0.39, 0.29) is 17.9 Å². The Balaban J connectivity index is 2.93. The average Bonchev–Trinajstić information content (AvgIpc) is 2.37. The van der Waals surface area contributed by atoms with Crippen LogP contribution in [-0.4, -0.2) is 29.1 Å². The summed E-state index contributed by atoms with van der Waals surface area (Å²) in [6, 6.07) is 6.18. The van der Waals surface area contributed by atoms with E-state index in [9.17, 15) is 18.4 Å². The highest BCUT2D eigenvalue weighted by Crippen LogP contribution is 2.28. The van der Waals surface area contributed by atoms with Gasteiger partial charge in [0.05, 0.1) is 5.56 Å². The van der Waals surface area contributed by atoms with Gasteiger partial charge in [0.1, 0.15) is 0 Å². The van der Waals surface area contributed by atoms with Gasteiger partial charge in [-0.15, -0.1) is 0 Å². The van der Waals surface area contributed by atoms with Gasteiger partial charge in [0.15, 0.2) is 6.10 Å². The smallest absolute Gasteiger partial charge is 0.378 e. The zero-order valence-electron chi connectivity index (χ0n) is 12.1. The number of alkyl halides is 2. The first-order chi connectivity index (χ1) is 9.64. The van der Waals surface area contributed by atoms with Crippen LogP contribution in [0.5, 0.6) is 0 Å². The summed E-state index contributed by atoms with van der Waals surface area (Å²) in [5.74, 6) is -7.62. The Labute approximate surface area is 121 Å². The van der Waals surface area contributed by atoms with Gasteiger partial charge in [0, 0.05) is 0 Å². The van der Waals surface area contributed by atoms with Crippen molar-refractivity contribution >= 4 is 11.9 Å². The largest absolute Gasteiger partial charge is 0.477 e. The number of hydrogen-bond acceptors (Lipinski definition) is 3. The fourth-order valence-electron chi connectivity index (χ4n) is 1.72. The van der Waals surface area contributed by atoms with Crippen molar-refractivity contribution < 1.29 is 28.2 Å². The molecule has 0 saturated heterocycles. The van der Waals surface area contributed by atoms with E-state index in [4.69, 9.17) is 9.84 Å². The molecular formula is C15H18F2O4. The van der Waals surface area contributed by atoms with Crippen LogP contribution in [0.4, 0.5) is 8.78 Å². The quantitative estimate of drug-likeness (QED) is 0.819. The molecule has 0 spiro atoms. The molecule has 0 aliphatic carbocycles. The lowest BCUT2D eigenvalue weighted by molar-refractivity contribution is -0.183. The van der Waals surface area contributed by atoms with E-state index in [1.807, 2.05) is 6.92 Å². The van der Waals surface area contributed by atoms with Crippen LogP contribution in [0.15, 0.2) is 24.3 Å². The number of aryl methyl sites for hydroxylation is 1. The van der Waals surface area contributed by atoms with Crippen LogP contribution in [0.2, 0.25) is 0 Å². The van der Waals surface area contributed by atoms with Crippen molar-refractivity contribution in [1.29, 1.82) is 0 Å². The maximum absolute atomic E-state index is 13.6. The number of carbonyl (C=O) groups is 2. The number of carboxylic acid groups (broad SMARTS) is 1. The molecule has 1 aromatic carbocycles. The minimum absolute atomic E-state index is 0.107. The maximum Gasteiger partial charge on any atom is 0.378 e. The summed E-state index contributed by atoms with van der Waals surface area (Å²) < 4.78 is 32.0. The number of halogens is 2. The molecule has 0 aromatic heterocycles. The Bertz CT molecular complexity index is 509. The van der Waals surface area contributed by atoms with Crippen LogP contribution in [0, 0.1) is 12.8 Å². The lowest BCUT2D eigenvalue weighted by atomic mass is 10.0. The first kappa shape index (κ1) is 17.1. The molecule has 1 unspecified atom stereocenters. The van der Waals surface area contributed by atoms with E-state index >= 15 is 0 Å². The van der Waals surface area contributed by atoms with E-state index in [1.165, 1.54) is 12.1 Å². The lowest BCUT2D eigenvalue weighted by Crippen LogP contribution is -2.44. The molecule has 0 radical (unpaired) electrons. The van der Waals surface area contributed by atoms with Crippen molar-refractivity contribution in [2.75, 3.05) is 0 Å². The predicted octanol–water partition coefficient (Wildman–Crippen LogP) is 3.29.